The predicted molar refractivity (Wildman–Crippen MR) is 69.3 cm³/mol. The van der Waals surface area contributed by atoms with Gasteiger partial charge in [-0.3, -0.25) is 0 Å². The van der Waals surface area contributed by atoms with Crippen LogP contribution in [-0.4, -0.2) is 5.11 Å². The van der Waals surface area contributed by atoms with Crippen molar-refractivity contribution >= 4 is 11.4 Å². The lowest BCUT2D eigenvalue weighted by Gasteiger charge is -2.20. The zero-order valence-electron chi connectivity index (χ0n) is 10.4. The molecule has 0 saturated heterocycles. The fourth-order valence-corrected chi connectivity index (χ4v) is 2.41. The lowest BCUT2D eigenvalue weighted by atomic mass is 9.89. The molecule has 1 rings (SSSR count). The Balaban J connectivity index is 3.61. The van der Waals surface area contributed by atoms with E-state index in [0.717, 1.165) is 47.2 Å². The third-order valence-electron chi connectivity index (χ3n) is 3.25. The van der Waals surface area contributed by atoms with Gasteiger partial charge < -0.3 is 16.6 Å². The first-order valence-corrected chi connectivity index (χ1v) is 5.93. The second-order valence-electron chi connectivity index (χ2n) is 3.96. The molecule has 0 spiro atoms. The molecule has 0 aliphatic carbocycles. The van der Waals surface area contributed by atoms with Gasteiger partial charge in [0.05, 0.1) is 6.61 Å². The molecule has 0 aromatic heterocycles. The first-order valence-electron chi connectivity index (χ1n) is 5.93. The van der Waals surface area contributed by atoms with Crippen LogP contribution >= 0.6 is 0 Å². The van der Waals surface area contributed by atoms with Gasteiger partial charge in [0.15, 0.2) is 0 Å². The normalized spacial score (nSPS) is 10.8. The van der Waals surface area contributed by atoms with E-state index in [0.29, 0.717) is 5.69 Å². The van der Waals surface area contributed by atoms with E-state index in [4.69, 9.17) is 11.5 Å². The zero-order chi connectivity index (χ0) is 12.3. The van der Waals surface area contributed by atoms with Crippen molar-refractivity contribution in [1.82, 2.24) is 0 Å². The third kappa shape index (κ3) is 1.87. The largest absolute Gasteiger partial charge is 0.398 e. The average Bonchev–Trinajstić information content (AvgIpc) is 2.29. The second kappa shape index (κ2) is 5.21. The van der Waals surface area contributed by atoms with Gasteiger partial charge in [-0.05, 0) is 36.0 Å². The van der Waals surface area contributed by atoms with E-state index in [9.17, 15) is 5.11 Å². The van der Waals surface area contributed by atoms with Crippen molar-refractivity contribution in [2.75, 3.05) is 11.5 Å². The van der Waals surface area contributed by atoms with Crippen LogP contribution in [0.15, 0.2) is 0 Å². The number of aliphatic hydroxyl groups excluding tert-OH is 1. The summed E-state index contributed by atoms with van der Waals surface area (Å²) in [5.74, 6) is 0. The Morgan fingerprint density at radius 2 is 1.19 bits per heavy atom. The summed E-state index contributed by atoms with van der Waals surface area (Å²) in [6.07, 6.45) is 2.55. The van der Waals surface area contributed by atoms with Gasteiger partial charge in [0.2, 0.25) is 0 Å². The topological polar surface area (TPSA) is 72.3 Å². The summed E-state index contributed by atoms with van der Waals surface area (Å²) >= 11 is 0. The Bertz CT molecular complexity index is 355. The predicted octanol–water partition coefficient (Wildman–Crippen LogP) is 2.03. The summed E-state index contributed by atoms with van der Waals surface area (Å²) in [6, 6.07) is 0. The first kappa shape index (κ1) is 12.8. The van der Waals surface area contributed by atoms with E-state index in [2.05, 4.69) is 13.8 Å². The maximum absolute atomic E-state index is 9.44. The summed E-state index contributed by atoms with van der Waals surface area (Å²) in [5, 5.41) is 9.44. The molecule has 3 heteroatoms. The van der Waals surface area contributed by atoms with Gasteiger partial charge in [0, 0.05) is 16.9 Å². The summed E-state index contributed by atoms with van der Waals surface area (Å²) in [5.41, 5.74) is 17.8. The van der Waals surface area contributed by atoms with Crippen LogP contribution in [-0.2, 0) is 25.9 Å². The third-order valence-corrected chi connectivity index (χ3v) is 3.25. The van der Waals surface area contributed by atoms with Crippen molar-refractivity contribution in [2.24, 2.45) is 0 Å². The van der Waals surface area contributed by atoms with Crippen molar-refractivity contribution in [3.8, 4) is 0 Å². The first-order chi connectivity index (χ1) is 7.62. The van der Waals surface area contributed by atoms with Crippen molar-refractivity contribution in [2.45, 2.75) is 46.6 Å². The minimum absolute atomic E-state index is 0.00468. The summed E-state index contributed by atoms with van der Waals surface area (Å²) in [7, 11) is 0. The molecule has 1 aromatic rings. The molecule has 0 unspecified atom stereocenters. The van der Waals surface area contributed by atoms with Crippen LogP contribution in [0.2, 0.25) is 0 Å². The molecule has 0 amide bonds. The Kier molecular flexibility index (Phi) is 4.19. The number of benzene rings is 1. The summed E-state index contributed by atoms with van der Waals surface area (Å²) in [6.45, 7) is 6.18. The highest BCUT2D eigenvalue weighted by Crippen LogP contribution is 2.33. The number of rotatable bonds is 4. The van der Waals surface area contributed by atoms with Crippen LogP contribution in [0.4, 0.5) is 11.4 Å². The average molecular weight is 222 g/mol. The lowest BCUT2D eigenvalue weighted by Crippen LogP contribution is -2.11. The van der Waals surface area contributed by atoms with Crippen LogP contribution < -0.4 is 11.5 Å². The van der Waals surface area contributed by atoms with E-state index in [1.165, 1.54) is 0 Å². The molecular weight excluding hydrogens is 200 g/mol. The Morgan fingerprint density at radius 1 is 0.750 bits per heavy atom. The quantitative estimate of drug-likeness (QED) is 0.682. The fraction of sp³-hybridized carbons (Fsp3) is 0.538. The summed E-state index contributed by atoms with van der Waals surface area (Å²) < 4.78 is 0. The van der Waals surface area contributed by atoms with Gasteiger partial charge in [-0.25, -0.2) is 0 Å². The number of nitrogen functional groups attached to an aromatic ring is 2. The molecule has 3 nitrogen and oxygen atoms in total. The van der Waals surface area contributed by atoms with E-state index < -0.39 is 0 Å². The van der Waals surface area contributed by atoms with Crippen LogP contribution in [0, 0.1) is 0 Å². The van der Waals surface area contributed by atoms with Gasteiger partial charge in [-0.1, -0.05) is 20.8 Å². The highest BCUT2D eigenvalue weighted by molar-refractivity contribution is 5.72. The monoisotopic (exact) mass is 222 g/mol. The molecule has 0 atom stereocenters. The molecule has 90 valence electrons. The maximum Gasteiger partial charge on any atom is 0.0704 e. The minimum atomic E-state index is -0.00468. The molecule has 0 aliphatic rings. The van der Waals surface area contributed by atoms with Crippen molar-refractivity contribution < 1.29 is 5.11 Å². The fourth-order valence-electron chi connectivity index (χ4n) is 2.41. The molecule has 0 fully saturated rings. The zero-order valence-corrected chi connectivity index (χ0v) is 10.4. The molecular formula is C13H22N2O. The SMILES string of the molecule is CCc1c(N)c(CC)c(CC)c(CO)c1N. The molecule has 5 N–H and O–H groups in total. The minimum Gasteiger partial charge on any atom is -0.398 e. The standard InChI is InChI=1S/C13H22N2O/c1-4-8-9(5-2)12(14)10(6-3)13(15)11(8)7-16/h16H,4-7,14-15H2,1-3H3. The number of hydrogen-bond acceptors (Lipinski definition) is 3. The molecule has 1 aromatic carbocycles. The van der Waals surface area contributed by atoms with Crippen LogP contribution in [0.1, 0.15) is 43.0 Å². The second-order valence-corrected chi connectivity index (χ2v) is 3.96. The van der Waals surface area contributed by atoms with Gasteiger partial charge in [0.25, 0.3) is 0 Å². The van der Waals surface area contributed by atoms with E-state index >= 15 is 0 Å². The lowest BCUT2D eigenvalue weighted by molar-refractivity contribution is 0.281. The number of nitrogens with two attached hydrogens (primary N) is 2. The molecule has 0 heterocycles. The van der Waals surface area contributed by atoms with Crippen LogP contribution in [0.5, 0.6) is 0 Å². The smallest absolute Gasteiger partial charge is 0.0704 e. The number of aliphatic hydroxyl groups is 1. The number of hydrogen-bond donors (Lipinski definition) is 3. The van der Waals surface area contributed by atoms with Gasteiger partial charge in [-0.2, -0.15) is 0 Å². The van der Waals surface area contributed by atoms with Crippen molar-refractivity contribution in [3.63, 3.8) is 0 Å². The van der Waals surface area contributed by atoms with Gasteiger partial charge >= 0.3 is 0 Å². The van der Waals surface area contributed by atoms with Crippen molar-refractivity contribution in [1.29, 1.82) is 0 Å². The van der Waals surface area contributed by atoms with Crippen molar-refractivity contribution in [3.05, 3.63) is 22.3 Å². The van der Waals surface area contributed by atoms with Crippen LogP contribution in [0.25, 0.3) is 0 Å². The van der Waals surface area contributed by atoms with Gasteiger partial charge in [-0.15, -0.1) is 0 Å². The molecule has 0 aliphatic heterocycles. The highest BCUT2D eigenvalue weighted by atomic mass is 16.3. The number of anilines is 2. The molecule has 16 heavy (non-hydrogen) atoms. The molecule has 0 radical (unpaired) electrons. The van der Waals surface area contributed by atoms with E-state index in [1.807, 2.05) is 6.92 Å². The van der Waals surface area contributed by atoms with E-state index in [-0.39, 0.29) is 6.61 Å². The molecule has 0 bridgehead atoms. The van der Waals surface area contributed by atoms with Crippen LogP contribution in [0.3, 0.4) is 0 Å². The Labute approximate surface area is 97.5 Å². The maximum atomic E-state index is 9.44. The van der Waals surface area contributed by atoms with Gasteiger partial charge in [0.1, 0.15) is 0 Å². The van der Waals surface area contributed by atoms with E-state index in [1.54, 1.807) is 0 Å². The highest BCUT2D eigenvalue weighted by Gasteiger charge is 2.17. The Hall–Kier alpha value is -1.22. The summed E-state index contributed by atoms with van der Waals surface area (Å²) in [4.78, 5) is 0. The molecule has 0 saturated carbocycles. The Morgan fingerprint density at radius 3 is 1.56 bits per heavy atom.